The molecule has 0 saturated heterocycles. The van der Waals surface area contributed by atoms with Crippen molar-refractivity contribution in [2.24, 2.45) is 0 Å². The molecule has 0 bridgehead atoms. The first-order chi connectivity index (χ1) is 7.13. The van der Waals surface area contributed by atoms with E-state index in [1.54, 1.807) is 11.3 Å². The molecule has 1 aromatic heterocycles. The second kappa shape index (κ2) is 6.48. The Hall–Kier alpha value is -0.0900. The average Bonchev–Trinajstić information content (AvgIpc) is 2.59. The van der Waals surface area contributed by atoms with Crippen molar-refractivity contribution in [3.05, 3.63) is 21.3 Å². The van der Waals surface area contributed by atoms with E-state index in [1.165, 1.54) is 4.88 Å². The van der Waals surface area contributed by atoms with Gasteiger partial charge in [0.05, 0.1) is 23.1 Å². The van der Waals surface area contributed by atoms with Crippen molar-refractivity contribution in [1.82, 2.24) is 5.32 Å². The Bertz CT molecular complexity index is 288. The number of halogens is 1. The van der Waals surface area contributed by atoms with Gasteiger partial charge in [0.25, 0.3) is 0 Å². The van der Waals surface area contributed by atoms with Gasteiger partial charge in [-0.1, -0.05) is 18.5 Å². The molecule has 15 heavy (non-hydrogen) atoms. The third kappa shape index (κ3) is 4.51. The van der Waals surface area contributed by atoms with Gasteiger partial charge >= 0.3 is 0 Å². The van der Waals surface area contributed by atoms with Crippen LogP contribution in [0.4, 0.5) is 0 Å². The molecule has 0 amide bonds. The Kier molecular flexibility index (Phi) is 5.61. The van der Waals surface area contributed by atoms with E-state index in [0.717, 1.165) is 10.9 Å². The molecule has 1 heterocycles. The zero-order valence-corrected chi connectivity index (χ0v) is 11.0. The van der Waals surface area contributed by atoms with Gasteiger partial charge in [-0.3, -0.25) is 0 Å². The summed E-state index contributed by atoms with van der Waals surface area (Å²) in [5.41, 5.74) is 0. The molecule has 0 saturated carbocycles. The molecule has 0 aromatic carbocycles. The number of hydrogen-bond acceptors (Lipinski definition) is 3. The molecule has 1 rings (SSSR count). The second-order valence-corrected chi connectivity index (χ2v) is 5.38. The predicted octanol–water partition coefficient (Wildman–Crippen LogP) is 3.48. The first kappa shape index (κ1) is 13.0. The topological polar surface area (TPSA) is 21.3 Å². The van der Waals surface area contributed by atoms with E-state index < -0.39 is 0 Å². The van der Waals surface area contributed by atoms with Gasteiger partial charge in [-0.25, -0.2) is 0 Å². The summed E-state index contributed by atoms with van der Waals surface area (Å²) in [6, 6.07) is 4.25. The van der Waals surface area contributed by atoms with Crippen LogP contribution in [0.15, 0.2) is 12.1 Å². The quantitative estimate of drug-likeness (QED) is 0.831. The van der Waals surface area contributed by atoms with Crippen LogP contribution in [0.5, 0.6) is 0 Å². The average molecular weight is 248 g/mol. The summed E-state index contributed by atoms with van der Waals surface area (Å²) in [5, 5.41) is 3.39. The molecule has 0 aliphatic rings. The number of hydrogen-bond donors (Lipinski definition) is 1. The van der Waals surface area contributed by atoms with Crippen molar-refractivity contribution >= 4 is 22.9 Å². The fourth-order valence-electron chi connectivity index (χ4n) is 1.29. The van der Waals surface area contributed by atoms with E-state index >= 15 is 0 Å². The smallest absolute Gasteiger partial charge is 0.0931 e. The van der Waals surface area contributed by atoms with Crippen LogP contribution in [0, 0.1) is 0 Å². The number of rotatable bonds is 6. The highest BCUT2D eigenvalue weighted by molar-refractivity contribution is 7.16. The third-order valence-electron chi connectivity index (χ3n) is 1.98. The summed E-state index contributed by atoms with van der Waals surface area (Å²) >= 11 is 7.53. The van der Waals surface area contributed by atoms with Gasteiger partial charge in [0.1, 0.15) is 0 Å². The maximum absolute atomic E-state index is 5.92. The molecule has 0 fully saturated rings. The van der Waals surface area contributed by atoms with Crippen LogP contribution in [-0.4, -0.2) is 19.3 Å². The monoisotopic (exact) mass is 247 g/mol. The van der Waals surface area contributed by atoms with Gasteiger partial charge in [0.15, 0.2) is 0 Å². The van der Waals surface area contributed by atoms with Crippen LogP contribution < -0.4 is 5.32 Å². The second-order valence-electron chi connectivity index (χ2n) is 3.63. The molecule has 0 spiro atoms. The minimum Gasteiger partial charge on any atom is -0.377 e. The maximum Gasteiger partial charge on any atom is 0.0931 e. The van der Waals surface area contributed by atoms with Gasteiger partial charge in [-0.2, -0.15) is 0 Å². The molecular formula is C11H18ClNOS. The summed E-state index contributed by atoms with van der Waals surface area (Å²) in [5.74, 6) is 0. The number of thiophene rings is 1. The van der Waals surface area contributed by atoms with E-state index in [9.17, 15) is 0 Å². The summed E-state index contributed by atoms with van der Waals surface area (Å²) < 4.78 is 6.45. The Balaban J connectivity index is 2.57. The van der Waals surface area contributed by atoms with Gasteiger partial charge < -0.3 is 10.1 Å². The van der Waals surface area contributed by atoms with Gasteiger partial charge in [0, 0.05) is 4.88 Å². The summed E-state index contributed by atoms with van der Waals surface area (Å²) in [6.07, 6.45) is 0.265. The van der Waals surface area contributed by atoms with Crippen LogP contribution in [0.3, 0.4) is 0 Å². The highest BCUT2D eigenvalue weighted by Crippen LogP contribution is 2.27. The van der Waals surface area contributed by atoms with Crippen LogP contribution >= 0.6 is 22.9 Å². The first-order valence-corrected chi connectivity index (χ1v) is 6.43. The lowest BCUT2D eigenvalue weighted by molar-refractivity contribution is 0.0621. The lowest BCUT2D eigenvalue weighted by Gasteiger charge is -2.18. The molecule has 1 atom stereocenters. The van der Waals surface area contributed by atoms with Crippen LogP contribution in [-0.2, 0) is 4.74 Å². The Morgan fingerprint density at radius 3 is 2.67 bits per heavy atom. The minimum absolute atomic E-state index is 0.259. The molecule has 0 aliphatic carbocycles. The van der Waals surface area contributed by atoms with E-state index in [2.05, 4.69) is 18.3 Å². The largest absolute Gasteiger partial charge is 0.377 e. The minimum atomic E-state index is 0.259. The number of likely N-dealkylation sites (N-methyl/N-ethyl adjacent to an activating group) is 1. The molecular weight excluding hydrogens is 230 g/mol. The van der Waals surface area contributed by atoms with Crippen molar-refractivity contribution in [2.75, 3.05) is 13.2 Å². The SMILES string of the molecule is CCNC(COC(C)C)c1ccc(Cl)s1. The third-order valence-corrected chi connectivity index (χ3v) is 3.33. The van der Waals surface area contributed by atoms with Crippen LogP contribution in [0.1, 0.15) is 31.7 Å². The molecule has 1 N–H and O–H groups in total. The van der Waals surface area contributed by atoms with Crippen molar-refractivity contribution in [3.63, 3.8) is 0 Å². The molecule has 0 aliphatic heterocycles. The molecule has 2 nitrogen and oxygen atoms in total. The van der Waals surface area contributed by atoms with Crippen molar-refractivity contribution in [3.8, 4) is 0 Å². The normalized spacial score (nSPS) is 13.4. The summed E-state index contributed by atoms with van der Waals surface area (Å²) in [6.45, 7) is 7.82. The van der Waals surface area contributed by atoms with E-state index in [4.69, 9.17) is 16.3 Å². The number of nitrogens with one attached hydrogen (secondary N) is 1. The molecule has 4 heteroatoms. The highest BCUT2D eigenvalue weighted by Gasteiger charge is 2.13. The van der Waals surface area contributed by atoms with Gasteiger partial charge in [-0.05, 0) is 32.5 Å². The lowest BCUT2D eigenvalue weighted by Crippen LogP contribution is -2.25. The first-order valence-electron chi connectivity index (χ1n) is 5.23. The highest BCUT2D eigenvalue weighted by atomic mass is 35.5. The Morgan fingerprint density at radius 2 is 2.20 bits per heavy atom. The van der Waals surface area contributed by atoms with Gasteiger partial charge in [0.2, 0.25) is 0 Å². The lowest BCUT2D eigenvalue weighted by atomic mass is 10.2. The van der Waals surface area contributed by atoms with Crippen molar-refractivity contribution < 1.29 is 4.74 Å². The molecule has 1 unspecified atom stereocenters. The summed E-state index contributed by atoms with van der Waals surface area (Å²) in [4.78, 5) is 1.24. The Labute approximate surface area is 101 Å². The van der Waals surface area contributed by atoms with E-state index in [-0.39, 0.29) is 12.1 Å². The van der Waals surface area contributed by atoms with E-state index in [0.29, 0.717) is 6.61 Å². The standard InChI is InChI=1S/C11H18ClNOS/c1-4-13-9(7-14-8(2)3)10-5-6-11(12)15-10/h5-6,8-9,13H,4,7H2,1-3H3. The fourth-order valence-corrected chi connectivity index (χ4v) is 2.41. The zero-order valence-electron chi connectivity index (χ0n) is 9.42. The molecule has 0 radical (unpaired) electrons. The van der Waals surface area contributed by atoms with Crippen LogP contribution in [0.25, 0.3) is 0 Å². The van der Waals surface area contributed by atoms with Crippen molar-refractivity contribution in [1.29, 1.82) is 0 Å². The number of ether oxygens (including phenoxy) is 1. The zero-order chi connectivity index (χ0) is 11.3. The van der Waals surface area contributed by atoms with E-state index in [1.807, 2.05) is 19.9 Å². The summed E-state index contributed by atoms with van der Waals surface area (Å²) in [7, 11) is 0. The Morgan fingerprint density at radius 1 is 1.47 bits per heavy atom. The maximum atomic E-state index is 5.92. The van der Waals surface area contributed by atoms with Gasteiger partial charge in [-0.15, -0.1) is 11.3 Å². The molecule has 1 aromatic rings. The predicted molar refractivity (Wildman–Crippen MR) is 66.8 cm³/mol. The van der Waals surface area contributed by atoms with Crippen molar-refractivity contribution in [2.45, 2.75) is 32.9 Å². The fraction of sp³-hybridized carbons (Fsp3) is 0.636. The van der Waals surface area contributed by atoms with Crippen LogP contribution in [0.2, 0.25) is 4.34 Å². The molecule has 86 valence electrons.